The molecule has 0 aliphatic carbocycles. The summed E-state index contributed by atoms with van der Waals surface area (Å²) in [7, 11) is 0. The van der Waals surface area contributed by atoms with Crippen LogP contribution in [0.15, 0.2) is 12.2 Å². The molecule has 80 valence electrons. The van der Waals surface area contributed by atoms with Crippen molar-refractivity contribution in [3.05, 3.63) is 12.2 Å². The Hall–Kier alpha value is -0.380. The van der Waals surface area contributed by atoms with Crippen molar-refractivity contribution in [2.45, 2.75) is 51.2 Å². The minimum atomic E-state index is -0.412. The lowest BCUT2D eigenvalue weighted by Crippen LogP contribution is -2.35. The van der Waals surface area contributed by atoms with Crippen LogP contribution in [0.5, 0.6) is 0 Å². The van der Waals surface area contributed by atoms with Crippen molar-refractivity contribution in [2.75, 3.05) is 6.54 Å². The molecule has 0 amide bonds. The molecule has 2 aliphatic rings. The summed E-state index contributed by atoms with van der Waals surface area (Å²) in [5.74, 6) is -0.412. The van der Waals surface area contributed by atoms with Crippen LogP contribution in [0.3, 0.4) is 0 Å². The van der Waals surface area contributed by atoms with Gasteiger partial charge in [-0.15, -0.1) is 6.58 Å². The molecule has 2 saturated heterocycles. The lowest BCUT2D eigenvalue weighted by molar-refractivity contribution is -0.152. The Balaban J connectivity index is 2.01. The van der Waals surface area contributed by atoms with Gasteiger partial charge in [-0.1, -0.05) is 5.57 Å². The fourth-order valence-electron chi connectivity index (χ4n) is 2.31. The van der Waals surface area contributed by atoms with Gasteiger partial charge in [0.2, 0.25) is 0 Å². The first kappa shape index (κ1) is 10.1. The minimum Gasteiger partial charge on any atom is -0.343 e. The minimum absolute atomic E-state index is 0.196. The molecule has 0 aromatic carbocycles. The molecule has 3 heteroatoms. The fraction of sp³-hybridized carbons (Fsp3) is 0.818. The molecular formula is C11H19NO2. The molecule has 2 rings (SSSR count). The van der Waals surface area contributed by atoms with E-state index in [4.69, 9.17) is 9.47 Å². The highest BCUT2D eigenvalue weighted by molar-refractivity contribution is 5.04. The molecule has 14 heavy (non-hydrogen) atoms. The van der Waals surface area contributed by atoms with Gasteiger partial charge in [-0.25, -0.2) is 0 Å². The first-order chi connectivity index (χ1) is 6.48. The zero-order chi connectivity index (χ0) is 10.3. The maximum atomic E-state index is 5.86. The summed E-state index contributed by atoms with van der Waals surface area (Å²) in [5.41, 5.74) is 1.19. The third-order valence-electron chi connectivity index (χ3n) is 2.77. The first-order valence-corrected chi connectivity index (χ1v) is 5.21. The Labute approximate surface area is 85.5 Å². The molecular weight excluding hydrogens is 178 g/mol. The van der Waals surface area contributed by atoms with Crippen LogP contribution in [0.2, 0.25) is 0 Å². The average molecular weight is 197 g/mol. The summed E-state index contributed by atoms with van der Waals surface area (Å²) in [5, 5.41) is 3.42. The van der Waals surface area contributed by atoms with Crippen LogP contribution in [0.4, 0.5) is 0 Å². The molecule has 0 aromatic heterocycles. The van der Waals surface area contributed by atoms with Crippen LogP contribution < -0.4 is 5.32 Å². The van der Waals surface area contributed by atoms with Crippen molar-refractivity contribution in [1.29, 1.82) is 0 Å². The highest BCUT2D eigenvalue weighted by Crippen LogP contribution is 2.34. The van der Waals surface area contributed by atoms with E-state index in [2.05, 4.69) is 18.8 Å². The predicted octanol–water partition coefficient (Wildman–Crippen LogP) is 1.44. The smallest absolute Gasteiger partial charge is 0.163 e. The van der Waals surface area contributed by atoms with E-state index in [0.29, 0.717) is 6.04 Å². The van der Waals surface area contributed by atoms with E-state index in [1.165, 1.54) is 5.57 Å². The van der Waals surface area contributed by atoms with E-state index in [-0.39, 0.29) is 12.2 Å². The predicted molar refractivity (Wildman–Crippen MR) is 55.0 cm³/mol. The van der Waals surface area contributed by atoms with Crippen molar-refractivity contribution in [2.24, 2.45) is 0 Å². The average Bonchev–Trinajstić information content (AvgIpc) is 2.47. The quantitative estimate of drug-likeness (QED) is 0.680. The second kappa shape index (κ2) is 3.33. The number of hydrogen-bond donors (Lipinski definition) is 1. The molecule has 0 saturated carbocycles. The molecule has 0 bridgehead atoms. The van der Waals surface area contributed by atoms with E-state index in [0.717, 1.165) is 13.0 Å². The lowest BCUT2D eigenvalue weighted by atomic mass is 10.0. The zero-order valence-corrected chi connectivity index (χ0v) is 9.17. The van der Waals surface area contributed by atoms with Gasteiger partial charge in [-0.05, 0) is 27.2 Å². The Bertz CT molecular complexity index is 250. The molecule has 0 unspecified atom stereocenters. The Morgan fingerprint density at radius 3 is 2.86 bits per heavy atom. The van der Waals surface area contributed by atoms with E-state index in [1.54, 1.807) is 0 Å². The molecule has 0 spiro atoms. The maximum absolute atomic E-state index is 5.86. The van der Waals surface area contributed by atoms with Crippen molar-refractivity contribution < 1.29 is 9.47 Å². The van der Waals surface area contributed by atoms with E-state index >= 15 is 0 Å². The molecule has 2 heterocycles. The maximum Gasteiger partial charge on any atom is 0.163 e. The fourth-order valence-corrected chi connectivity index (χ4v) is 2.31. The molecule has 1 N–H and O–H groups in total. The van der Waals surface area contributed by atoms with Crippen molar-refractivity contribution in [3.63, 3.8) is 0 Å². The second-order valence-corrected chi connectivity index (χ2v) is 4.81. The van der Waals surface area contributed by atoms with Crippen LogP contribution in [0.25, 0.3) is 0 Å². The van der Waals surface area contributed by atoms with E-state index < -0.39 is 5.79 Å². The Morgan fingerprint density at radius 1 is 1.50 bits per heavy atom. The monoisotopic (exact) mass is 197 g/mol. The van der Waals surface area contributed by atoms with Gasteiger partial charge < -0.3 is 14.8 Å². The summed E-state index contributed by atoms with van der Waals surface area (Å²) >= 11 is 0. The summed E-state index contributed by atoms with van der Waals surface area (Å²) in [6.45, 7) is 10.8. The third-order valence-corrected chi connectivity index (χ3v) is 2.77. The Kier molecular flexibility index (Phi) is 2.41. The van der Waals surface area contributed by atoms with Gasteiger partial charge in [0.25, 0.3) is 0 Å². The zero-order valence-electron chi connectivity index (χ0n) is 9.17. The van der Waals surface area contributed by atoms with Crippen molar-refractivity contribution in [3.8, 4) is 0 Å². The summed E-state index contributed by atoms with van der Waals surface area (Å²) in [4.78, 5) is 0. The van der Waals surface area contributed by atoms with Crippen LogP contribution >= 0.6 is 0 Å². The van der Waals surface area contributed by atoms with Gasteiger partial charge in [0, 0.05) is 12.6 Å². The summed E-state index contributed by atoms with van der Waals surface area (Å²) < 4.78 is 11.6. The molecule has 3 atom stereocenters. The van der Waals surface area contributed by atoms with Gasteiger partial charge in [-0.3, -0.25) is 0 Å². The standard InChI is InChI=1S/C11H19NO2/c1-7(2)5-8-10-9(6-12-8)13-11(3,4)14-10/h8-10,12H,1,5-6H2,2-4H3/t8-,9+,10-/m0/s1. The number of fused-ring (bicyclic) bond motifs is 1. The van der Waals surface area contributed by atoms with Crippen molar-refractivity contribution in [1.82, 2.24) is 5.32 Å². The van der Waals surface area contributed by atoms with Gasteiger partial charge in [0.05, 0.1) is 0 Å². The summed E-state index contributed by atoms with van der Waals surface area (Å²) in [6, 6.07) is 0.374. The molecule has 2 fully saturated rings. The van der Waals surface area contributed by atoms with Crippen LogP contribution in [-0.2, 0) is 9.47 Å². The van der Waals surface area contributed by atoms with Crippen LogP contribution in [-0.4, -0.2) is 30.6 Å². The first-order valence-electron chi connectivity index (χ1n) is 5.21. The molecule has 0 aromatic rings. The van der Waals surface area contributed by atoms with Gasteiger partial charge in [0.15, 0.2) is 5.79 Å². The summed E-state index contributed by atoms with van der Waals surface area (Å²) in [6.07, 6.45) is 1.39. The van der Waals surface area contributed by atoms with Gasteiger partial charge in [0.1, 0.15) is 12.2 Å². The highest BCUT2D eigenvalue weighted by atomic mass is 16.8. The highest BCUT2D eigenvalue weighted by Gasteiger charge is 2.48. The lowest BCUT2D eigenvalue weighted by Gasteiger charge is -2.22. The molecule has 2 aliphatic heterocycles. The van der Waals surface area contributed by atoms with Crippen LogP contribution in [0.1, 0.15) is 27.2 Å². The Morgan fingerprint density at radius 2 is 2.21 bits per heavy atom. The van der Waals surface area contributed by atoms with E-state index in [9.17, 15) is 0 Å². The van der Waals surface area contributed by atoms with Gasteiger partial charge in [-0.2, -0.15) is 0 Å². The van der Waals surface area contributed by atoms with Crippen LogP contribution in [0, 0.1) is 0 Å². The topological polar surface area (TPSA) is 30.5 Å². The number of ether oxygens (including phenoxy) is 2. The number of rotatable bonds is 2. The largest absolute Gasteiger partial charge is 0.343 e. The van der Waals surface area contributed by atoms with E-state index in [1.807, 2.05) is 13.8 Å². The van der Waals surface area contributed by atoms with Gasteiger partial charge >= 0.3 is 0 Å². The SMILES string of the molecule is C=C(C)C[C@@H]1NC[C@H]2OC(C)(C)O[C@@H]12. The number of hydrogen-bond acceptors (Lipinski definition) is 3. The number of nitrogens with one attached hydrogen (secondary N) is 1. The third kappa shape index (κ3) is 1.85. The molecule has 3 nitrogen and oxygen atoms in total. The molecule has 0 radical (unpaired) electrons. The van der Waals surface area contributed by atoms with Crippen molar-refractivity contribution >= 4 is 0 Å². The normalized spacial score (nSPS) is 39.8. The second-order valence-electron chi connectivity index (χ2n) is 4.81.